The summed E-state index contributed by atoms with van der Waals surface area (Å²) in [5, 5.41) is 2.70. The van der Waals surface area contributed by atoms with E-state index in [0.717, 1.165) is 12.2 Å². The molecule has 0 radical (unpaired) electrons. The largest absolute Gasteiger partial charge is 0.444 e. The second-order valence-electron chi connectivity index (χ2n) is 7.08. The first-order valence-electron chi connectivity index (χ1n) is 8.17. The van der Waals surface area contributed by atoms with Gasteiger partial charge in [0.25, 0.3) is 0 Å². The molecule has 1 aliphatic rings. The molecule has 24 heavy (non-hydrogen) atoms. The fraction of sp³-hybridized carbons (Fsp3) is 0.368. The number of hydrogen-bond acceptors (Lipinski definition) is 4. The average molecular weight is 325 g/mol. The Bertz CT molecular complexity index is 735. The van der Waals surface area contributed by atoms with E-state index in [0.29, 0.717) is 11.7 Å². The Labute approximate surface area is 142 Å². The van der Waals surface area contributed by atoms with Gasteiger partial charge < -0.3 is 9.64 Å². The topological polar surface area (TPSA) is 54.5 Å². The van der Waals surface area contributed by atoms with Gasteiger partial charge in [0.15, 0.2) is 0 Å². The summed E-state index contributed by atoms with van der Waals surface area (Å²) in [5.41, 5.74) is 2.63. The molecule has 1 aromatic carbocycles. The maximum atomic E-state index is 11.8. The quantitative estimate of drug-likeness (QED) is 0.882. The van der Waals surface area contributed by atoms with E-state index in [-0.39, 0.29) is 0 Å². The number of nitrogens with one attached hydrogen (secondary N) is 1. The third kappa shape index (κ3) is 3.50. The number of benzene rings is 1. The van der Waals surface area contributed by atoms with E-state index in [2.05, 4.69) is 40.3 Å². The lowest BCUT2D eigenvalue weighted by Crippen LogP contribution is -2.27. The second kappa shape index (κ2) is 6.15. The molecule has 1 aromatic heterocycles. The molecule has 1 atom stereocenters. The molecular formula is C19H23N3O2. The zero-order valence-corrected chi connectivity index (χ0v) is 14.5. The number of hydrogen-bond donors (Lipinski definition) is 1. The predicted molar refractivity (Wildman–Crippen MR) is 95.8 cm³/mol. The number of anilines is 3. The summed E-state index contributed by atoms with van der Waals surface area (Å²) in [7, 11) is 0. The maximum absolute atomic E-state index is 11.8. The Morgan fingerprint density at radius 2 is 2.00 bits per heavy atom. The van der Waals surface area contributed by atoms with E-state index in [9.17, 15) is 4.79 Å². The van der Waals surface area contributed by atoms with Crippen LogP contribution in [0.3, 0.4) is 0 Å². The molecule has 0 saturated carbocycles. The van der Waals surface area contributed by atoms with Crippen molar-refractivity contribution >= 4 is 23.3 Å². The van der Waals surface area contributed by atoms with Crippen LogP contribution in [0.5, 0.6) is 0 Å². The van der Waals surface area contributed by atoms with Crippen LogP contribution in [0.15, 0.2) is 42.6 Å². The number of amides is 1. The summed E-state index contributed by atoms with van der Waals surface area (Å²) < 4.78 is 5.25. The van der Waals surface area contributed by atoms with Crippen molar-refractivity contribution in [2.45, 2.75) is 45.8 Å². The summed E-state index contributed by atoms with van der Waals surface area (Å²) in [6.07, 6.45) is 2.19. The van der Waals surface area contributed by atoms with Crippen molar-refractivity contribution in [2.24, 2.45) is 0 Å². The van der Waals surface area contributed by atoms with Gasteiger partial charge in [0.05, 0.1) is 11.9 Å². The molecule has 5 nitrogen and oxygen atoms in total. The zero-order chi connectivity index (χ0) is 17.3. The van der Waals surface area contributed by atoms with E-state index >= 15 is 0 Å². The fourth-order valence-electron chi connectivity index (χ4n) is 2.94. The van der Waals surface area contributed by atoms with Crippen molar-refractivity contribution in [1.29, 1.82) is 0 Å². The van der Waals surface area contributed by atoms with Gasteiger partial charge in [-0.25, -0.2) is 9.78 Å². The Kier molecular flexibility index (Phi) is 4.18. The molecule has 1 unspecified atom stereocenters. The third-order valence-corrected chi connectivity index (χ3v) is 3.85. The van der Waals surface area contributed by atoms with Crippen molar-refractivity contribution in [1.82, 2.24) is 4.98 Å². The molecule has 0 bridgehead atoms. The first-order valence-corrected chi connectivity index (χ1v) is 8.17. The van der Waals surface area contributed by atoms with E-state index in [1.54, 1.807) is 6.20 Å². The van der Waals surface area contributed by atoms with Gasteiger partial charge in [0, 0.05) is 11.7 Å². The van der Waals surface area contributed by atoms with Gasteiger partial charge in [-0.1, -0.05) is 18.2 Å². The molecule has 0 aliphatic carbocycles. The summed E-state index contributed by atoms with van der Waals surface area (Å²) >= 11 is 0. The molecule has 3 rings (SSSR count). The summed E-state index contributed by atoms with van der Waals surface area (Å²) in [4.78, 5) is 18.6. The molecule has 0 fully saturated rings. The van der Waals surface area contributed by atoms with Crippen molar-refractivity contribution in [3.8, 4) is 0 Å². The summed E-state index contributed by atoms with van der Waals surface area (Å²) in [5.74, 6) is 0.877. The van der Waals surface area contributed by atoms with E-state index < -0.39 is 11.7 Å². The molecule has 1 aliphatic heterocycles. The van der Waals surface area contributed by atoms with Crippen LogP contribution in [0.2, 0.25) is 0 Å². The minimum absolute atomic E-state index is 0.361. The Morgan fingerprint density at radius 1 is 1.25 bits per heavy atom. The highest BCUT2D eigenvalue weighted by Gasteiger charge is 2.27. The number of pyridine rings is 1. The molecular weight excluding hydrogens is 302 g/mol. The number of fused-ring (bicyclic) bond motifs is 1. The number of carbonyl (C=O) groups is 1. The van der Waals surface area contributed by atoms with Crippen LogP contribution in [0.1, 0.15) is 33.3 Å². The first kappa shape index (κ1) is 16.3. The Morgan fingerprint density at radius 3 is 2.67 bits per heavy atom. The lowest BCUT2D eigenvalue weighted by atomic mass is 10.1. The lowest BCUT2D eigenvalue weighted by Gasteiger charge is -2.24. The number of ether oxygens (including phenoxy) is 1. The SMILES string of the molecule is CC1Cc2ccccc2N1c1ccc(NC(=O)OC(C)(C)C)cn1. The van der Waals surface area contributed by atoms with Gasteiger partial charge in [0.1, 0.15) is 11.4 Å². The van der Waals surface area contributed by atoms with Crippen LogP contribution in [-0.4, -0.2) is 22.7 Å². The van der Waals surface area contributed by atoms with Gasteiger partial charge >= 0.3 is 6.09 Å². The van der Waals surface area contributed by atoms with Gasteiger partial charge in [-0.05, 0) is 57.9 Å². The van der Waals surface area contributed by atoms with Crippen LogP contribution in [0, 0.1) is 0 Å². The number of rotatable bonds is 2. The molecule has 0 saturated heterocycles. The number of para-hydroxylation sites is 1. The standard InChI is InChI=1S/C19H23N3O2/c1-13-11-14-7-5-6-8-16(14)22(13)17-10-9-15(12-20-17)21-18(23)24-19(2,3)4/h5-10,12-13H,11H2,1-4H3,(H,21,23). The summed E-state index contributed by atoms with van der Waals surface area (Å²) in [6, 6.07) is 12.5. The second-order valence-corrected chi connectivity index (χ2v) is 7.08. The monoisotopic (exact) mass is 325 g/mol. The van der Waals surface area contributed by atoms with Crippen molar-refractivity contribution in [3.05, 3.63) is 48.2 Å². The van der Waals surface area contributed by atoms with Crippen molar-refractivity contribution in [3.63, 3.8) is 0 Å². The van der Waals surface area contributed by atoms with Gasteiger partial charge in [0.2, 0.25) is 0 Å². The van der Waals surface area contributed by atoms with Crippen molar-refractivity contribution in [2.75, 3.05) is 10.2 Å². The van der Waals surface area contributed by atoms with Crippen LogP contribution in [0.4, 0.5) is 22.0 Å². The van der Waals surface area contributed by atoms with E-state index in [1.807, 2.05) is 39.0 Å². The van der Waals surface area contributed by atoms with Crippen LogP contribution >= 0.6 is 0 Å². The minimum Gasteiger partial charge on any atom is -0.444 e. The van der Waals surface area contributed by atoms with Crippen LogP contribution in [0.25, 0.3) is 0 Å². The highest BCUT2D eigenvalue weighted by atomic mass is 16.6. The first-order chi connectivity index (χ1) is 11.3. The zero-order valence-electron chi connectivity index (χ0n) is 14.5. The molecule has 1 N–H and O–H groups in total. The minimum atomic E-state index is -0.522. The number of aromatic nitrogens is 1. The average Bonchev–Trinajstić information content (AvgIpc) is 2.82. The third-order valence-electron chi connectivity index (χ3n) is 3.85. The van der Waals surface area contributed by atoms with Crippen LogP contribution in [-0.2, 0) is 11.2 Å². The van der Waals surface area contributed by atoms with Gasteiger partial charge in [-0.2, -0.15) is 0 Å². The Hall–Kier alpha value is -2.56. The van der Waals surface area contributed by atoms with Gasteiger partial charge in [-0.3, -0.25) is 5.32 Å². The molecule has 126 valence electrons. The highest BCUT2D eigenvalue weighted by Crippen LogP contribution is 2.37. The smallest absolute Gasteiger partial charge is 0.412 e. The fourth-order valence-corrected chi connectivity index (χ4v) is 2.94. The van der Waals surface area contributed by atoms with Crippen molar-refractivity contribution < 1.29 is 9.53 Å². The normalized spacial score (nSPS) is 16.7. The molecule has 1 amide bonds. The molecule has 2 heterocycles. The maximum Gasteiger partial charge on any atom is 0.412 e. The molecule has 5 heteroatoms. The van der Waals surface area contributed by atoms with E-state index in [4.69, 9.17) is 4.74 Å². The Balaban J connectivity index is 1.75. The van der Waals surface area contributed by atoms with Crippen LogP contribution < -0.4 is 10.2 Å². The van der Waals surface area contributed by atoms with E-state index in [1.165, 1.54) is 11.3 Å². The molecule has 2 aromatic rings. The molecule has 0 spiro atoms. The summed E-state index contributed by atoms with van der Waals surface area (Å²) in [6.45, 7) is 7.69. The number of nitrogens with zero attached hydrogens (tertiary/aromatic N) is 2. The lowest BCUT2D eigenvalue weighted by molar-refractivity contribution is 0.0636. The highest BCUT2D eigenvalue weighted by molar-refractivity contribution is 5.85. The predicted octanol–water partition coefficient (Wildman–Crippen LogP) is 4.51. The van der Waals surface area contributed by atoms with Gasteiger partial charge in [-0.15, -0.1) is 0 Å². The number of carbonyl (C=O) groups excluding carboxylic acids is 1.